The number of aromatic hydroxyl groups is 1. The predicted molar refractivity (Wildman–Crippen MR) is 228 cm³/mol. The van der Waals surface area contributed by atoms with Crippen LogP contribution in [0.4, 0.5) is 0 Å². The van der Waals surface area contributed by atoms with Crippen molar-refractivity contribution < 1.29 is 33.8 Å². The molecule has 0 spiro atoms. The van der Waals surface area contributed by atoms with Gasteiger partial charge in [0, 0.05) is 55.8 Å². The molecule has 9 rings (SSSR count). The third-order valence-electron chi connectivity index (χ3n) is 12.2. The average Bonchev–Trinajstić information content (AvgIpc) is 4.02. The molecule has 2 amide bonds. The van der Waals surface area contributed by atoms with E-state index in [0.717, 1.165) is 45.8 Å². The molecule has 61 heavy (non-hydrogen) atoms. The fraction of sp³-hybridized carbons (Fsp3) is 0.422. The van der Waals surface area contributed by atoms with E-state index in [4.69, 9.17) is 14.0 Å². The summed E-state index contributed by atoms with van der Waals surface area (Å²) in [5.74, 6) is -0.430. The van der Waals surface area contributed by atoms with Gasteiger partial charge in [0.2, 0.25) is 11.8 Å². The third-order valence-corrected chi connectivity index (χ3v) is 13.2. The Bertz CT molecular complexity index is 2520. The average molecular weight is 847 g/mol. The molecule has 0 bridgehead atoms. The number of fused-ring (bicyclic) bond motifs is 1. The standard InChI is InChI=1S/C45H50N8O7S/c1-25(2)42(45(57)52-21-32(54)15-38(52)44(56)47-26(3)28-9-11-29(12-10-28)43-27(4)46-24-61-43)40-18-41(50-60-40)59-14-13-51-19-30(20-51)36-17-35-37(53(36)31-22-58-23-31)16-34(48-49-35)33-7-5-6-8-39(33)55/h5-12,16-18,24-26,30-32,38,42,54-55H,13-15,19-23H2,1-4H3,(H,47,56)/t26-,32+,38-,42?/m0/s1. The van der Waals surface area contributed by atoms with Crippen molar-refractivity contribution in [3.8, 4) is 33.3 Å². The zero-order valence-electron chi connectivity index (χ0n) is 34.6. The van der Waals surface area contributed by atoms with Gasteiger partial charge in [-0.05, 0) is 60.3 Å². The van der Waals surface area contributed by atoms with E-state index in [2.05, 4.69) is 41.2 Å². The molecule has 1 unspecified atom stereocenters. The first-order valence-electron chi connectivity index (χ1n) is 20.9. The van der Waals surface area contributed by atoms with E-state index in [9.17, 15) is 19.8 Å². The number of nitrogens with one attached hydrogen (secondary N) is 1. The quantitative estimate of drug-likeness (QED) is 0.119. The number of thiazole rings is 1. The number of likely N-dealkylation sites (tertiary alicyclic amines) is 2. The molecular weight excluding hydrogens is 797 g/mol. The second-order valence-electron chi connectivity index (χ2n) is 16.8. The van der Waals surface area contributed by atoms with Crippen LogP contribution in [-0.2, 0) is 14.3 Å². The van der Waals surface area contributed by atoms with Gasteiger partial charge < -0.3 is 39.0 Å². The summed E-state index contributed by atoms with van der Waals surface area (Å²) in [5, 5.41) is 37.3. The van der Waals surface area contributed by atoms with Gasteiger partial charge in [-0.3, -0.25) is 14.5 Å². The number of phenolic OH excluding ortho intramolecular Hbond substituents is 1. The Morgan fingerprint density at radius 1 is 1.02 bits per heavy atom. The number of aromatic nitrogens is 5. The summed E-state index contributed by atoms with van der Waals surface area (Å²) in [7, 11) is 0. The number of hydrogen-bond donors (Lipinski definition) is 3. The largest absolute Gasteiger partial charge is 0.507 e. The highest BCUT2D eigenvalue weighted by Crippen LogP contribution is 2.38. The van der Waals surface area contributed by atoms with Gasteiger partial charge in [0.25, 0.3) is 5.88 Å². The number of rotatable bonds is 14. The monoisotopic (exact) mass is 846 g/mol. The number of aliphatic hydroxyl groups excluding tert-OH is 1. The Hall–Kier alpha value is -5.68. The maximum absolute atomic E-state index is 14.2. The van der Waals surface area contributed by atoms with Crippen LogP contribution >= 0.6 is 11.3 Å². The highest BCUT2D eigenvalue weighted by molar-refractivity contribution is 7.13. The lowest BCUT2D eigenvalue weighted by atomic mass is 9.91. The van der Waals surface area contributed by atoms with Crippen LogP contribution in [-0.4, -0.2) is 115 Å². The smallest absolute Gasteiger partial charge is 0.254 e. The Labute approximate surface area is 357 Å². The summed E-state index contributed by atoms with van der Waals surface area (Å²) in [4.78, 5) is 37.1. The first-order chi connectivity index (χ1) is 29.5. The molecule has 0 radical (unpaired) electrons. The van der Waals surface area contributed by atoms with Gasteiger partial charge in [-0.2, -0.15) is 0 Å². The van der Waals surface area contributed by atoms with E-state index >= 15 is 0 Å². The number of phenols is 1. The second-order valence-corrected chi connectivity index (χ2v) is 17.6. The van der Waals surface area contributed by atoms with Crippen molar-refractivity contribution in [3.63, 3.8) is 0 Å². The zero-order valence-corrected chi connectivity index (χ0v) is 35.4. The van der Waals surface area contributed by atoms with E-state index in [1.165, 1.54) is 10.6 Å². The molecule has 15 nitrogen and oxygen atoms in total. The SMILES string of the molecule is Cc1ncsc1-c1ccc([C@H](C)NC(=O)[C@@H]2C[C@@H](O)CN2C(=O)C(c2cc(OCCN3CC(c4cc5nnc(-c6ccccc6O)cc5n4C4COC4)C3)no2)C(C)C)cc1. The molecular formula is C45H50N8O7S. The summed E-state index contributed by atoms with van der Waals surface area (Å²) in [6.45, 7) is 11.8. The summed E-state index contributed by atoms with van der Waals surface area (Å²) in [6.07, 6.45) is -0.682. The van der Waals surface area contributed by atoms with Gasteiger partial charge in [0.05, 0.1) is 58.7 Å². The van der Waals surface area contributed by atoms with Crippen molar-refractivity contribution in [1.82, 2.24) is 40.0 Å². The Morgan fingerprint density at radius 2 is 1.80 bits per heavy atom. The van der Waals surface area contributed by atoms with Gasteiger partial charge in [-0.1, -0.05) is 50.2 Å². The van der Waals surface area contributed by atoms with Gasteiger partial charge in [-0.25, -0.2) is 4.98 Å². The van der Waals surface area contributed by atoms with E-state index in [1.54, 1.807) is 29.5 Å². The van der Waals surface area contributed by atoms with Crippen LogP contribution in [0.5, 0.6) is 11.6 Å². The minimum Gasteiger partial charge on any atom is -0.507 e. The molecule has 318 valence electrons. The van der Waals surface area contributed by atoms with Crippen LogP contribution in [0.25, 0.3) is 32.7 Å². The first-order valence-corrected chi connectivity index (χ1v) is 21.8. The number of benzene rings is 2. The molecule has 4 aromatic heterocycles. The first kappa shape index (κ1) is 40.7. The number of hydrogen-bond acceptors (Lipinski definition) is 13. The van der Waals surface area contributed by atoms with E-state index in [0.29, 0.717) is 49.3 Å². The van der Waals surface area contributed by atoms with Crippen LogP contribution in [0.15, 0.2) is 76.8 Å². The number of ether oxygens (including phenoxy) is 2. The molecule has 7 heterocycles. The second kappa shape index (κ2) is 17.0. The summed E-state index contributed by atoms with van der Waals surface area (Å²) in [5.41, 5.74) is 9.06. The molecule has 6 aromatic rings. The van der Waals surface area contributed by atoms with Gasteiger partial charge >= 0.3 is 0 Å². The molecule has 0 aliphatic carbocycles. The van der Waals surface area contributed by atoms with Crippen LogP contribution < -0.4 is 10.1 Å². The fourth-order valence-electron chi connectivity index (χ4n) is 8.77. The number of aryl methyl sites for hydroxylation is 1. The van der Waals surface area contributed by atoms with Gasteiger partial charge in [0.15, 0.2) is 5.76 Å². The fourth-order valence-corrected chi connectivity index (χ4v) is 9.58. The maximum atomic E-state index is 14.2. The topological polar surface area (TPSA) is 181 Å². The summed E-state index contributed by atoms with van der Waals surface area (Å²) < 4.78 is 19.7. The number of aliphatic hydroxyl groups is 1. The highest BCUT2D eigenvalue weighted by atomic mass is 32.1. The number of carbonyl (C=O) groups excluding carboxylic acids is 2. The molecule has 16 heteroatoms. The van der Waals surface area contributed by atoms with Crippen molar-refractivity contribution in [2.75, 3.05) is 46.0 Å². The number of β-amino-alcohol motifs (C(OH)–C–C–N with tert-alkyl or cyclic N) is 1. The van der Waals surface area contributed by atoms with Crippen molar-refractivity contribution >= 4 is 34.2 Å². The summed E-state index contributed by atoms with van der Waals surface area (Å²) in [6, 6.07) is 20.0. The Morgan fingerprint density at radius 3 is 2.51 bits per heavy atom. The molecule has 3 fully saturated rings. The van der Waals surface area contributed by atoms with Crippen molar-refractivity contribution in [3.05, 3.63) is 95.0 Å². The van der Waals surface area contributed by atoms with Crippen LogP contribution in [0.1, 0.15) is 73.8 Å². The lowest BCUT2D eigenvalue weighted by Crippen LogP contribution is -2.48. The molecule has 3 N–H and O–H groups in total. The molecule has 3 aliphatic rings. The minimum absolute atomic E-state index is 0.0492. The molecule has 4 atom stereocenters. The van der Waals surface area contributed by atoms with E-state index in [-0.39, 0.29) is 54.4 Å². The lowest BCUT2D eigenvalue weighted by molar-refractivity contribution is -0.141. The van der Waals surface area contributed by atoms with Crippen LogP contribution in [0.2, 0.25) is 0 Å². The molecule has 2 aromatic carbocycles. The highest BCUT2D eigenvalue weighted by Gasteiger charge is 2.44. The Kier molecular flexibility index (Phi) is 11.3. The Balaban J connectivity index is 0.801. The number of amides is 2. The number of para-hydroxylation sites is 1. The van der Waals surface area contributed by atoms with E-state index < -0.39 is 18.1 Å². The van der Waals surface area contributed by atoms with Crippen molar-refractivity contribution in [2.45, 2.75) is 70.2 Å². The molecule has 3 saturated heterocycles. The number of nitrogens with zero attached hydrogens (tertiary/aromatic N) is 7. The molecule has 3 aliphatic heterocycles. The predicted octanol–water partition coefficient (Wildman–Crippen LogP) is 5.85. The van der Waals surface area contributed by atoms with Crippen molar-refractivity contribution in [2.24, 2.45) is 5.92 Å². The number of carbonyl (C=O) groups is 2. The van der Waals surface area contributed by atoms with Gasteiger partial charge in [-0.15, -0.1) is 21.5 Å². The third kappa shape index (κ3) is 8.12. The van der Waals surface area contributed by atoms with Crippen LogP contribution in [0.3, 0.4) is 0 Å². The minimum atomic E-state index is -0.832. The summed E-state index contributed by atoms with van der Waals surface area (Å²) >= 11 is 1.59. The normalized spacial score (nSPS) is 19.5. The van der Waals surface area contributed by atoms with Crippen LogP contribution in [0, 0.1) is 12.8 Å². The van der Waals surface area contributed by atoms with Gasteiger partial charge in [0.1, 0.15) is 29.8 Å². The maximum Gasteiger partial charge on any atom is 0.254 e. The molecule has 0 saturated carbocycles. The lowest BCUT2D eigenvalue weighted by Gasteiger charge is -2.41. The zero-order chi connectivity index (χ0) is 42.4. The van der Waals surface area contributed by atoms with Crippen molar-refractivity contribution in [1.29, 1.82) is 0 Å². The van der Waals surface area contributed by atoms with E-state index in [1.807, 2.05) is 75.7 Å².